The zero-order valence-corrected chi connectivity index (χ0v) is 12.3. The second-order valence-electron chi connectivity index (χ2n) is 5.00. The van der Waals surface area contributed by atoms with Crippen LogP contribution in [0.3, 0.4) is 0 Å². The van der Waals surface area contributed by atoms with Crippen molar-refractivity contribution < 1.29 is 4.79 Å². The molecule has 2 N–H and O–H groups in total. The molecule has 6 heteroatoms. The van der Waals surface area contributed by atoms with Crippen molar-refractivity contribution in [3.05, 3.63) is 35.5 Å². The maximum atomic E-state index is 11.4. The Kier molecular flexibility index (Phi) is 3.21. The molecule has 0 spiro atoms. The summed E-state index contributed by atoms with van der Waals surface area (Å²) in [5.74, 6) is 0.762. The first-order valence-electron chi connectivity index (χ1n) is 6.90. The zero-order valence-electron chi connectivity index (χ0n) is 12.3. The highest BCUT2D eigenvalue weighted by Gasteiger charge is 2.13. The Labute approximate surface area is 122 Å². The molecule has 0 saturated carbocycles. The summed E-state index contributed by atoms with van der Waals surface area (Å²) in [5.41, 5.74) is 4.71. The Balaban J connectivity index is 1.95. The van der Waals surface area contributed by atoms with Gasteiger partial charge >= 0.3 is 0 Å². The molecule has 0 aliphatic rings. The molecule has 3 aromatic rings. The Bertz CT molecular complexity index is 797. The van der Waals surface area contributed by atoms with Gasteiger partial charge in [-0.3, -0.25) is 9.89 Å². The highest BCUT2D eigenvalue weighted by Crippen LogP contribution is 2.22. The predicted molar refractivity (Wildman–Crippen MR) is 81.2 cm³/mol. The van der Waals surface area contributed by atoms with E-state index in [1.54, 1.807) is 0 Å². The van der Waals surface area contributed by atoms with Crippen LogP contribution in [-0.4, -0.2) is 25.7 Å². The first-order chi connectivity index (χ1) is 10.1. The van der Waals surface area contributed by atoms with Crippen molar-refractivity contribution in [2.45, 2.75) is 27.2 Å². The molecule has 0 unspecified atom stereocenters. The minimum absolute atomic E-state index is 0.00300. The average molecular weight is 283 g/mol. The fourth-order valence-corrected chi connectivity index (χ4v) is 2.18. The van der Waals surface area contributed by atoms with Gasteiger partial charge in [0.2, 0.25) is 5.91 Å². The van der Waals surface area contributed by atoms with E-state index >= 15 is 0 Å². The topological polar surface area (TPSA) is 75.1 Å². The zero-order chi connectivity index (χ0) is 15.0. The van der Waals surface area contributed by atoms with Crippen molar-refractivity contribution in [2.24, 2.45) is 0 Å². The lowest BCUT2D eigenvalue weighted by Gasteiger charge is -2.04. The van der Waals surface area contributed by atoms with Crippen LogP contribution in [0.15, 0.2) is 24.3 Å². The molecule has 21 heavy (non-hydrogen) atoms. The number of aromatic amines is 1. The third kappa shape index (κ3) is 2.29. The van der Waals surface area contributed by atoms with Gasteiger partial charge in [0.05, 0.1) is 5.69 Å². The van der Waals surface area contributed by atoms with Crippen molar-refractivity contribution >= 4 is 17.2 Å². The average Bonchev–Trinajstić information content (AvgIpc) is 3.01. The third-order valence-electron chi connectivity index (χ3n) is 3.58. The lowest BCUT2D eigenvalue weighted by atomic mass is 10.2. The third-order valence-corrected chi connectivity index (χ3v) is 3.58. The van der Waals surface area contributed by atoms with Crippen LogP contribution >= 0.6 is 0 Å². The van der Waals surface area contributed by atoms with Crippen LogP contribution < -0.4 is 5.32 Å². The van der Waals surface area contributed by atoms with Gasteiger partial charge in [-0.05, 0) is 38.1 Å². The van der Waals surface area contributed by atoms with Gasteiger partial charge in [0.1, 0.15) is 0 Å². The van der Waals surface area contributed by atoms with Gasteiger partial charge in [-0.15, -0.1) is 0 Å². The maximum Gasteiger partial charge on any atom is 0.224 e. The smallest absolute Gasteiger partial charge is 0.224 e. The number of rotatable bonds is 3. The Morgan fingerprint density at radius 1 is 1.29 bits per heavy atom. The van der Waals surface area contributed by atoms with E-state index in [0.717, 1.165) is 34.0 Å². The number of aryl methyl sites for hydroxylation is 2. The van der Waals surface area contributed by atoms with E-state index in [2.05, 4.69) is 20.6 Å². The number of hydrogen-bond donors (Lipinski definition) is 2. The van der Waals surface area contributed by atoms with E-state index in [1.807, 2.05) is 49.6 Å². The minimum atomic E-state index is 0.00300. The number of aromatic nitrogens is 4. The van der Waals surface area contributed by atoms with E-state index in [9.17, 15) is 4.79 Å². The van der Waals surface area contributed by atoms with Crippen LogP contribution in [0.4, 0.5) is 5.69 Å². The molecule has 0 atom stereocenters. The van der Waals surface area contributed by atoms with Crippen LogP contribution in [0.1, 0.15) is 24.6 Å². The monoisotopic (exact) mass is 283 g/mol. The number of nitrogens with one attached hydrogen (secondary N) is 2. The fraction of sp³-hybridized carbons (Fsp3) is 0.267. The molecule has 6 nitrogen and oxygen atoms in total. The predicted octanol–water partition coefficient (Wildman–Crippen LogP) is 2.69. The summed E-state index contributed by atoms with van der Waals surface area (Å²) in [4.78, 5) is 11.4. The summed E-state index contributed by atoms with van der Waals surface area (Å²) in [6.07, 6.45) is 0.466. The molecule has 0 fully saturated rings. The summed E-state index contributed by atoms with van der Waals surface area (Å²) in [7, 11) is 0. The van der Waals surface area contributed by atoms with Crippen LogP contribution in [0, 0.1) is 13.8 Å². The number of hydrogen-bond acceptors (Lipinski definition) is 3. The van der Waals surface area contributed by atoms with Gasteiger partial charge in [0.25, 0.3) is 0 Å². The molecule has 2 aromatic heterocycles. The molecule has 1 amide bonds. The summed E-state index contributed by atoms with van der Waals surface area (Å²) in [6, 6.07) is 7.58. The number of anilines is 1. The Hall–Kier alpha value is -2.63. The molecule has 0 aliphatic carbocycles. The number of fused-ring (bicyclic) bond motifs is 1. The summed E-state index contributed by atoms with van der Waals surface area (Å²) in [5, 5.41) is 14.6. The van der Waals surface area contributed by atoms with Crippen molar-refractivity contribution in [3.63, 3.8) is 0 Å². The molecule has 108 valence electrons. The van der Waals surface area contributed by atoms with Gasteiger partial charge in [0.15, 0.2) is 11.5 Å². The highest BCUT2D eigenvalue weighted by atomic mass is 16.1. The van der Waals surface area contributed by atoms with Crippen molar-refractivity contribution in [1.82, 2.24) is 19.8 Å². The minimum Gasteiger partial charge on any atom is -0.326 e. The summed E-state index contributed by atoms with van der Waals surface area (Å²) < 4.78 is 1.81. The van der Waals surface area contributed by atoms with Gasteiger partial charge in [-0.2, -0.15) is 14.7 Å². The molecule has 0 bridgehead atoms. The largest absolute Gasteiger partial charge is 0.326 e. The van der Waals surface area contributed by atoms with Gasteiger partial charge < -0.3 is 5.32 Å². The van der Waals surface area contributed by atoms with E-state index < -0.39 is 0 Å². The summed E-state index contributed by atoms with van der Waals surface area (Å²) >= 11 is 0. The van der Waals surface area contributed by atoms with Crippen molar-refractivity contribution in [1.29, 1.82) is 0 Å². The number of carbonyl (C=O) groups excluding carboxylic acids is 1. The van der Waals surface area contributed by atoms with Crippen LogP contribution in [0.25, 0.3) is 17.0 Å². The number of benzene rings is 1. The highest BCUT2D eigenvalue weighted by molar-refractivity contribution is 5.90. The second kappa shape index (κ2) is 5.05. The quantitative estimate of drug-likeness (QED) is 0.776. The molecule has 0 saturated heterocycles. The lowest BCUT2D eigenvalue weighted by Crippen LogP contribution is -2.09. The molecule has 0 aliphatic heterocycles. The fourth-order valence-electron chi connectivity index (χ4n) is 2.18. The number of amides is 1. The molecule has 3 rings (SSSR count). The number of H-pyrrole nitrogens is 1. The van der Waals surface area contributed by atoms with E-state index in [0.29, 0.717) is 6.42 Å². The molecular formula is C15H17N5O. The second-order valence-corrected chi connectivity index (χ2v) is 5.00. The molecule has 2 heterocycles. The van der Waals surface area contributed by atoms with Crippen LogP contribution in [0.2, 0.25) is 0 Å². The SMILES string of the molecule is CCC(=O)Nc1ccc(-c2n[nH]c3c(C)c(C)nn23)cc1. The molecular weight excluding hydrogens is 266 g/mol. The summed E-state index contributed by atoms with van der Waals surface area (Å²) in [6.45, 7) is 5.82. The van der Waals surface area contributed by atoms with Crippen LogP contribution in [0.5, 0.6) is 0 Å². The lowest BCUT2D eigenvalue weighted by molar-refractivity contribution is -0.115. The van der Waals surface area contributed by atoms with Gasteiger partial charge in [-0.1, -0.05) is 6.92 Å². The van der Waals surface area contributed by atoms with Crippen LogP contribution in [-0.2, 0) is 4.79 Å². The van der Waals surface area contributed by atoms with E-state index in [4.69, 9.17) is 0 Å². The molecule has 0 radical (unpaired) electrons. The van der Waals surface area contributed by atoms with Crippen molar-refractivity contribution in [3.8, 4) is 11.4 Å². The Morgan fingerprint density at radius 2 is 2.00 bits per heavy atom. The first kappa shape index (κ1) is 13.4. The number of nitrogens with zero attached hydrogens (tertiary/aromatic N) is 3. The van der Waals surface area contributed by atoms with Gasteiger partial charge in [-0.25, -0.2) is 0 Å². The van der Waals surface area contributed by atoms with Crippen molar-refractivity contribution in [2.75, 3.05) is 5.32 Å². The van der Waals surface area contributed by atoms with E-state index in [1.165, 1.54) is 0 Å². The first-order valence-corrected chi connectivity index (χ1v) is 6.90. The molecule has 1 aromatic carbocycles. The Morgan fingerprint density at radius 3 is 2.67 bits per heavy atom. The normalized spacial score (nSPS) is 11.0. The van der Waals surface area contributed by atoms with E-state index in [-0.39, 0.29) is 5.91 Å². The van der Waals surface area contributed by atoms with Gasteiger partial charge in [0, 0.05) is 23.2 Å². The maximum absolute atomic E-state index is 11.4. The standard InChI is InChI=1S/C15H17N5O/c1-4-13(21)16-12-7-5-11(6-8-12)15-18-17-14-9(2)10(3)19-20(14)15/h5-8,17H,4H2,1-3H3,(H,16,21). The number of carbonyl (C=O) groups is 1.